The fraction of sp³-hybridized carbons (Fsp3) is 0.333. The van der Waals surface area contributed by atoms with Crippen LogP contribution in [0.25, 0.3) is 21.8 Å². The Balaban J connectivity index is 2.46. The highest BCUT2D eigenvalue weighted by Crippen LogP contribution is 2.22. The van der Waals surface area contributed by atoms with E-state index in [0.717, 1.165) is 46.9 Å². The van der Waals surface area contributed by atoms with Crippen LogP contribution in [-0.4, -0.2) is 14.8 Å². The third-order valence-corrected chi connectivity index (χ3v) is 3.59. The lowest BCUT2D eigenvalue weighted by Gasteiger charge is -2.10. The minimum absolute atomic E-state index is 0.0633. The molecule has 4 nitrogen and oxygen atoms in total. The van der Waals surface area contributed by atoms with Crippen molar-refractivity contribution in [3.63, 3.8) is 0 Å². The van der Waals surface area contributed by atoms with Gasteiger partial charge in [0.1, 0.15) is 5.52 Å². The summed E-state index contributed by atoms with van der Waals surface area (Å²) in [6.07, 6.45) is 2.08. The van der Waals surface area contributed by atoms with Crippen molar-refractivity contribution in [3.05, 3.63) is 40.3 Å². The largest absolute Gasteiger partial charge is 0.308 e. The summed E-state index contributed by atoms with van der Waals surface area (Å²) in [6.45, 7) is 4.79. The van der Waals surface area contributed by atoms with Crippen molar-refractivity contribution >= 4 is 21.8 Å². The summed E-state index contributed by atoms with van der Waals surface area (Å²) in [4.78, 5) is 12.6. The number of para-hydroxylation sites is 1. The van der Waals surface area contributed by atoms with E-state index < -0.39 is 0 Å². The lowest BCUT2D eigenvalue weighted by atomic mass is 10.1. The van der Waals surface area contributed by atoms with Crippen LogP contribution in [0.4, 0.5) is 0 Å². The molecule has 0 amide bonds. The van der Waals surface area contributed by atoms with Crippen molar-refractivity contribution in [2.75, 3.05) is 0 Å². The Morgan fingerprint density at radius 2 is 2.11 bits per heavy atom. The van der Waals surface area contributed by atoms with E-state index in [9.17, 15) is 4.79 Å². The van der Waals surface area contributed by atoms with Crippen LogP contribution in [0.15, 0.2) is 29.1 Å². The van der Waals surface area contributed by atoms with Gasteiger partial charge in [-0.05, 0) is 19.4 Å². The Morgan fingerprint density at radius 3 is 2.89 bits per heavy atom. The fourth-order valence-corrected chi connectivity index (χ4v) is 2.58. The number of hydrogen-bond donors (Lipinski definition) is 1. The predicted molar refractivity (Wildman–Crippen MR) is 77.5 cm³/mol. The van der Waals surface area contributed by atoms with Crippen LogP contribution >= 0.6 is 0 Å². The van der Waals surface area contributed by atoms with Crippen molar-refractivity contribution in [2.45, 2.75) is 33.2 Å². The Labute approximate surface area is 111 Å². The Bertz CT molecular complexity index is 798. The van der Waals surface area contributed by atoms with Crippen LogP contribution in [0.5, 0.6) is 0 Å². The highest BCUT2D eigenvalue weighted by Gasteiger charge is 2.14. The molecule has 3 aromatic rings. The van der Waals surface area contributed by atoms with E-state index in [0.29, 0.717) is 0 Å². The number of benzene rings is 1. The minimum Gasteiger partial charge on any atom is -0.308 e. The van der Waals surface area contributed by atoms with E-state index in [1.54, 1.807) is 0 Å². The molecule has 2 aromatic heterocycles. The van der Waals surface area contributed by atoms with Gasteiger partial charge in [-0.2, -0.15) is 5.10 Å². The van der Waals surface area contributed by atoms with Gasteiger partial charge in [0.15, 0.2) is 0 Å². The maximum Gasteiger partial charge on any atom is 0.262 e. The normalized spacial score (nSPS) is 11.5. The number of aryl methyl sites for hydroxylation is 2. The highest BCUT2D eigenvalue weighted by atomic mass is 16.1. The van der Waals surface area contributed by atoms with E-state index in [-0.39, 0.29) is 5.56 Å². The molecule has 1 N–H and O–H groups in total. The van der Waals surface area contributed by atoms with Crippen molar-refractivity contribution in [1.82, 2.24) is 14.8 Å². The van der Waals surface area contributed by atoms with E-state index in [1.807, 2.05) is 35.8 Å². The Hall–Kier alpha value is -2.10. The van der Waals surface area contributed by atoms with Crippen LogP contribution in [-0.2, 0) is 6.54 Å². The number of aromatic nitrogens is 3. The van der Waals surface area contributed by atoms with Gasteiger partial charge in [-0.15, -0.1) is 0 Å². The first-order valence-corrected chi connectivity index (χ1v) is 6.70. The number of H-pyrrole nitrogens is 1. The molecule has 0 atom stereocenters. The first-order valence-electron chi connectivity index (χ1n) is 6.70. The van der Waals surface area contributed by atoms with E-state index in [4.69, 9.17) is 0 Å². The van der Waals surface area contributed by atoms with Gasteiger partial charge in [0, 0.05) is 17.6 Å². The maximum absolute atomic E-state index is 12.6. The molecule has 0 aliphatic rings. The summed E-state index contributed by atoms with van der Waals surface area (Å²) in [5.41, 5.74) is 2.66. The van der Waals surface area contributed by atoms with Gasteiger partial charge in [-0.3, -0.25) is 9.89 Å². The summed E-state index contributed by atoms with van der Waals surface area (Å²) in [7, 11) is 0. The first-order chi connectivity index (χ1) is 9.24. The first kappa shape index (κ1) is 12.0. The molecule has 1 aromatic carbocycles. The topological polar surface area (TPSA) is 50.7 Å². The summed E-state index contributed by atoms with van der Waals surface area (Å²) in [5.74, 6) is 0. The molecule has 0 aliphatic heterocycles. The third kappa shape index (κ3) is 1.75. The number of aromatic amines is 1. The summed E-state index contributed by atoms with van der Waals surface area (Å²) in [6, 6.07) is 7.98. The zero-order valence-electron chi connectivity index (χ0n) is 11.2. The van der Waals surface area contributed by atoms with Gasteiger partial charge in [0.05, 0.1) is 10.9 Å². The average Bonchev–Trinajstić information content (AvgIpc) is 2.81. The second-order valence-corrected chi connectivity index (χ2v) is 4.90. The molecule has 0 spiro atoms. The zero-order valence-corrected chi connectivity index (χ0v) is 11.2. The van der Waals surface area contributed by atoms with Gasteiger partial charge in [0.25, 0.3) is 5.56 Å². The lowest BCUT2D eigenvalue weighted by molar-refractivity contribution is 0.635. The highest BCUT2D eigenvalue weighted by molar-refractivity contribution is 6.03. The maximum atomic E-state index is 12.6. The SMILES string of the molecule is CCCCn1c(=O)c2c(C)[nH]nc2c2ccccc21. The molecule has 0 aliphatic carbocycles. The van der Waals surface area contributed by atoms with Gasteiger partial charge in [-0.1, -0.05) is 31.5 Å². The number of rotatable bonds is 3. The van der Waals surface area contributed by atoms with Crippen molar-refractivity contribution in [1.29, 1.82) is 0 Å². The van der Waals surface area contributed by atoms with Crippen LogP contribution in [0.1, 0.15) is 25.5 Å². The van der Waals surface area contributed by atoms with Crippen molar-refractivity contribution < 1.29 is 0 Å². The van der Waals surface area contributed by atoms with Crippen LogP contribution in [0.2, 0.25) is 0 Å². The van der Waals surface area contributed by atoms with Crippen molar-refractivity contribution in [2.24, 2.45) is 0 Å². The third-order valence-electron chi connectivity index (χ3n) is 3.59. The quantitative estimate of drug-likeness (QED) is 0.782. The smallest absolute Gasteiger partial charge is 0.262 e. The standard InChI is InChI=1S/C15H17N3O/c1-3-4-9-18-12-8-6-5-7-11(12)14-13(15(18)19)10(2)16-17-14/h5-8H,3-4,9H2,1-2H3,(H,16,17). The molecule has 0 unspecified atom stereocenters. The molecule has 2 heterocycles. The summed E-state index contributed by atoms with van der Waals surface area (Å²) in [5, 5.41) is 8.98. The second-order valence-electron chi connectivity index (χ2n) is 4.90. The molecule has 19 heavy (non-hydrogen) atoms. The monoisotopic (exact) mass is 255 g/mol. The van der Waals surface area contributed by atoms with Gasteiger partial charge >= 0.3 is 0 Å². The predicted octanol–water partition coefficient (Wildman–Crippen LogP) is 2.99. The number of fused-ring (bicyclic) bond motifs is 3. The lowest BCUT2D eigenvalue weighted by Crippen LogP contribution is -2.21. The van der Waals surface area contributed by atoms with Crippen LogP contribution < -0.4 is 5.56 Å². The molecule has 98 valence electrons. The van der Waals surface area contributed by atoms with E-state index >= 15 is 0 Å². The van der Waals surface area contributed by atoms with Gasteiger partial charge in [0.2, 0.25) is 0 Å². The second kappa shape index (κ2) is 4.53. The number of pyridine rings is 1. The summed E-state index contributed by atoms with van der Waals surface area (Å²) < 4.78 is 1.88. The number of hydrogen-bond acceptors (Lipinski definition) is 2. The summed E-state index contributed by atoms with van der Waals surface area (Å²) >= 11 is 0. The molecule has 0 radical (unpaired) electrons. The zero-order chi connectivity index (χ0) is 13.4. The number of nitrogens with zero attached hydrogens (tertiary/aromatic N) is 2. The molecular formula is C15H17N3O. The van der Waals surface area contributed by atoms with Gasteiger partial charge < -0.3 is 4.57 Å². The molecule has 0 saturated carbocycles. The minimum atomic E-state index is 0.0633. The molecule has 3 rings (SSSR count). The molecule has 0 bridgehead atoms. The molecule has 4 heteroatoms. The fourth-order valence-electron chi connectivity index (χ4n) is 2.58. The molecule has 0 saturated heterocycles. The van der Waals surface area contributed by atoms with Gasteiger partial charge in [-0.25, -0.2) is 0 Å². The van der Waals surface area contributed by atoms with E-state index in [2.05, 4.69) is 17.1 Å². The Morgan fingerprint density at radius 1 is 1.32 bits per heavy atom. The molecule has 0 fully saturated rings. The van der Waals surface area contributed by atoms with Crippen LogP contribution in [0.3, 0.4) is 0 Å². The van der Waals surface area contributed by atoms with Crippen molar-refractivity contribution in [3.8, 4) is 0 Å². The average molecular weight is 255 g/mol. The molecular weight excluding hydrogens is 238 g/mol. The number of unbranched alkanes of at least 4 members (excludes halogenated alkanes) is 1. The Kier molecular flexibility index (Phi) is 2.85. The number of nitrogens with one attached hydrogen (secondary N) is 1. The van der Waals surface area contributed by atoms with Crippen LogP contribution in [0, 0.1) is 6.92 Å². The van der Waals surface area contributed by atoms with E-state index in [1.165, 1.54) is 0 Å².